The lowest BCUT2D eigenvalue weighted by molar-refractivity contribution is 0.0783. The van der Waals surface area contributed by atoms with Gasteiger partial charge in [-0.15, -0.1) is 0 Å². The Labute approximate surface area is 169 Å². The van der Waals surface area contributed by atoms with Gasteiger partial charge >= 0.3 is 0 Å². The number of likely N-dealkylation sites (tertiary alicyclic amines) is 1. The summed E-state index contributed by atoms with van der Waals surface area (Å²) < 4.78 is 12.7. The molecule has 152 valence electrons. The molecule has 0 unspecified atom stereocenters. The predicted molar refractivity (Wildman–Crippen MR) is 109 cm³/mol. The number of pyridine rings is 1. The molecule has 1 saturated heterocycles. The molecule has 0 radical (unpaired) electrons. The van der Waals surface area contributed by atoms with Gasteiger partial charge in [0.15, 0.2) is 5.65 Å². The van der Waals surface area contributed by atoms with Crippen LogP contribution in [0.25, 0.3) is 11.0 Å². The molecule has 0 bridgehead atoms. The Balaban J connectivity index is 1.62. The lowest BCUT2D eigenvalue weighted by Crippen LogP contribution is -2.29. The summed E-state index contributed by atoms with van der Waals surface area (Å²) in [5.74, 6) is 1.08. The van der Waals surface area contributed by atoms with Crippen LogP contribution in [0, 0.1) is 0 Å². The van der Waals surface area contributed by atoms with E-state index in [9.17, 15) is 4.79 Å². The number of benzene rings is 1. The number of methoxy groups -OCH3 is 2. The molecule has 1 fully saturated rings. The zero-order chi connectivity index (χ0) is 20.4. The van der Waals surface area contributed by atoms with Crippen LogP contribution in [0.3, 0.4) is 0 Å². The normalized spacial score (nSPS) is 16.4. The van der Waals surface area contributed by atoms with Crippen LogP contribution >= 0.6 is 0 Å². The summed E-state index contributed by atoms with van der Waals surface area (Å²) in [6.07, 6.45) is 2.60. The van der Waals surface area contributed by atoms with Gasteiger partial charge in [0.25, 0.3) is 5.91 Å². The van der Waals surface area contributed by atoms with Crippen molar-refractivity contribution < 1.29 is 14.3 Å². The number of carbonyl (C=O) groups is 1. The van der Waals surface area contributed by atoms with Crippen molar-refractivity contribution in [3.05, 3.63) is 47.8 Å². The second-order valence-electron chi connectivity index (χ2n) is 7.05. The fourth-order valence-corrected chi connectivity index (χ4v) is 4.00. The predicted octanol–water partition coefficient (Wildman–Crippen LogP) is 2.04. The molecule has 3 aromatic rings. The quantitative estimate of drug-likeness (QED) is 0.686. The van der Waals surface area contributed by atoms with E-state index in [4.69, 9.17) is 20.3 Å². The average Bonchev–Trinajstić information content (AvgIpc) is 3.38. The van der Waals surface area contributed by atoms with Gasteiger partial charge in [-0.2, -0.15) is 5.10 Å². The fourth-order valence-electron chi connectivity index (χ4n) is 4.00. The maximum Gasteiger partial charge on any atom is 0.261 e. The summed E-state index contributed by atoms with van der Waals surface area (Å²) in [6.45, 7) is 2.34. The Morgan fingerprint density at radius 1 is 1.21 bits per heavy atom. The van der Waals surface area contributed by atoms with Crippen molar-refractivity contribution >= 4 is 16.9 Å². The molecule has 0 saturated carbocycles. The van der Waals surface area contributed by atoms with Crippen LogP contribution in [0.4, 0.5) is 0 Å². The van der Waals surface area contributed by atoms with Crippen molar-refractivity contribution in [2.75, 3.05) is 33.9 Å². The van der Waals surface area contributed by atoms with Gasteiger partial charge in [0.05, 0.1) is 26.5 Å². The molecule has 8 heteroatoms. The minimum atomic E-state index is -0.0920. The molecular formula is C21H25N5O3. The van der Waals surface area contributed by atoms with Crippen molar-refractivity contribution in [1.82, 2.24) is 19.7 Å². The van der Waals surface area contributed by atoms with Gasteiger partial charge in [-0.05, 0) is 30.7 Å². The van der Waals surface area contributed by atoms with Gasteiger partial charge < -0.3 is 20.1 Å². The third-order valence-corrected chi connectivity index (χ3v) is 5.38. The highest BCUT2D eigenvalue weighted by Crippen LogP contribution is 2.35. The third-order valence-electron chi connectivity index (χ3n) is 5.38. The number of ether oxygens (including phenoxy) is 2. The van der Waals surface area contributed by atoms with Gasteiger partial charge in [-0.3, -0.25) is 4.79 Å². The van der Waals surface area contributed by atoms with Gasteiger partial charge in [0.2, 0.25) is 0 Å². The van der Waals surface area contributed by atoms with Crippen molar-refractivity contribution in [2.24, 2.45) is 5.73 Å². The largest absolute Gasteiger partial charge is 0.496 e. The van der Waals surface area contributed by atoms with Crippen LogP contribution < -0.4 is 15.2 Å². The number of amides is 1. The van der Waals surface area contributed by atoms with Gasteiger partial charge in [-0.25, -0.2) is 9.67 Å². The first kappa shape index (κ1) is 19.2. The van der Waals surface area contributed by atoms with Gasteiger partial charge in [0.1, 0.15) is 17.1 Å². The fraction of sp³-hybridized carbons (Fsp3) is 0.381. The number of carbonyl (C=O) groups excluding carboxylic acids is 1. The maximum atomic E-state index is 13.3. The summed E-state index contributed by atoms with van der Waals surface area (Å²) in [7, 11) is 3.11. The van der Waals surface area contributed by atoms with E-state index >= 15 is 0 Å². The number of rotatable bonds is 6. The van der Waals surface area contributed by atoms with Crippen molar-refractivity contribution in [1.29, 1.82) is 0 Å². The zero-order valence-corrected chi connectivity index (χ0v) is 16.7. The number of fused-ring (bicyclic) bond motifs is 1. The molecule has 2 aromatic heterocycles. The highest BCUT2D eigenvalue weighted by molar-refractivity contribution is 6.00. The van der Waals surface area contributed by atoms with E-state index < -0.39 is 0 Å². The van der Waals surface area contributed by atoms with E-state index in [-0.39, 0.29) is 11.8 Å². The minimum absolute atomic E-state index is 0.0920. The summed E-state index contributed by atoms with van der Waals surface area (Å²) in [5.41, 5.74) is 8.00. The molecule has 1 aromatic carbocycles. The number of aromatic nitrogens is 3. The number of nitrogens with two attached hydrogens (primary N) is 1. The average molecular weight is 395 g/mol. The highest BCUT2D eigenvalue weighted by atomic mass is 16.5. The summed E-state index contributed by atoms with van der Waals surface area (Å²) in [5, 5.41) is 5.81. The zero-order valence-electron chi connectivity index (χ0n) is 16.7. The van der Waals surface area contributed by atoms with E-state index in [0.717, 1.165) is 23.1 Å². The molecule has 1 atom stereocenters. The second-order valence-corrected chi connectivity index (χ2v) is 7.05. The SMILES string of the molecule is COc1cccc(OC)c1C(=O)N1CC[C@H](c2nn(CCN)c3ncccc23)C1. The van der Waals surface area contributed by atoms with Gasteiger partial charge in [0, 0.05) is 37.1 Å². The molecular weight excluding hydrogens is 370 g/mol. The molecule has 29 heavy (non-hydrogen) atoms. The Bertz CT molecular complexity index is 1010. The minimum Gasteiger partial charge on any atom is -0.496 e. The molecule has 1 aliphatic heterocycles. The molecule has 1 aliphatic rings. The Morgan fingerprint density at radius 2 is 1.97 bits per heavy atom. The highest BCUT2D eigenvalue weighted by Gasteiger charge is 2.33. The Hall–Kier alpha value is -3.13. The molecule has 3 heterocycles. The lowest BCUT2D eigenvalue weighted by atomic mass is 10.0. The van der Waals surface area contributed by atoms with Crippen LogP contribution in [-0.2, 0) is 6.54 Å². The van der Waals surface area contributed by atoms with E-state index in [1.165, 1.54) is 0 Å². The topological polar surface area (TPSA) is 95.5 Å². The number of hydrogen-bond acceptors (Lipinski definition) is 6. The molecule has 0 spiro atoms. The van der Waals surface area contributed by atoms with Crippen molar-refractivity contribution in [2.45, 2.75) is 18.9 Å². The van der Waals surface area contributed by atoms with Crippen LogP contribution in [0.5, 0.6) is 11.5 Å². The van der Waals surface area contributed by atoms with Crippen molar-refractivity contribution in [3.8, 4) is 11.5 Å². The summed E-state index contributed by atoms with van der Waals surface area (Å²) in [6, 6.07) is 9.31. The number of hydrogen-bond donors (Lipinski definition) is 1. The molecule has 8 nitrogen and oxygen atoms in total. The summed E-state index contributed by atoms with van der Waals surface area (Å²) >= 11 is 0. The first-order valence-electron chi connectivity index (χ1n) is 9.69. The van der Waals surface area contributed by atoms with E-state index in [0.29, 0.717) is 43.2 Å². The smallest absolute Gasteiger partial charge is 0.261 e. The lowest BCUT2D eigenvalue weighted by Gasteiger charge is -2.19. The second kappa shape index (κ2) is 8.08. The van der Waals surface area contributed by atoms with E-state index in [2.05, 4.69) is 4.98 Å². The Morgan fingerprint density at radius 3 is 2.66 bits per heavy atom. The maximum absolute atomic E-state index is 13.3. The first-order valence-corrected chi connectivity index (χ1v) is 9.69. The molecule has 2 N–H and O–H groups in total. The van der Waals surface area contributed by atoms with E-state index in [1.807, 2.05) is 27.8 Å². The molecule has 4 rings (SSSR count). The van der Waals surface area contributed by atoms with Crippen LogP contribution in [-0.4, -0.2) is 59.4 Å². The number of nitrogens with zero attached hydrogens (tertiary/aromatic N) is 4. The third kappa shape index (κ3) is 3.40. The monoisotopic (exact) mass is 395 g/mol. The van der Waals surface area contributed by atoms with Crippen LogP contribution in [0.15, 0.2) is 36.5 Å². The van der Waals surface area contributed by atoms with E-state index in [1.54, 1.807) is 32.5 Å². The van der Waals surface area contributed by atoms with Crippen molar-refractivity contribution in [3.63, 3.8) is 0 Å². The molecule has 0 aliphatic carbocycles. The van der Waals surface area contributed by atoms with Crippen LogP contribution in [0.2, 0.25) is 0 Å². The summed E-state index contributed by atoms with van der Waals surface area (Å²) in [4.78, 5) is 19.6. The van der Waals surface area contributed by atoms with Gasteiger partial charge in [-0.1, -0.05) is 6.07 Å². The first-order chi connectivity index (χ1) is 14.2. The standard InChI is InChI=1S/C21H25N5O3/c1-28-16-6-3-7-17(29-2)18(16)21(27)25-11-8-14(13-25)19-15-5-4-10-23-20(15)26(24-19)12-9-22/h3-7,10,14H,8-9,11-13,22H2,1-2H3/t14-/m0/s1. The Kier molecular flexibility index (Phi) is 5.35. The molecule has 1 amide bonds. The van der Waals surface area contributed by atoms with Crippen LogP contribution in [0.1, 0.15) is 28.4 Å².